The van der Waals surface area contributed by atoms with Crippen molar-refractivity contribution < 1.29 is 14.5 Å². The van der Waals surface area contributed by atoms with E-state index in [1.807, 2.05) is 17.1 Å². The maximum atomic E-state index is 12.5. The zero-order valence-electron chi connectivity index (χ0n) is 13.5. The van der Waals surface area contributed by atoms with E-state index in [0.29, 0.717) is 18.8 Å². The maximum absolute atomic E-state index is 12.5. The molecular formula is C15H21N5O3. The highest BCUT2D eigenvalue weighted by atomic mass is 16.6. The van der Waals surface area contributed by atoms with Crippen LogP contribution in [0, 0.1) is 12.8 Å². The molecule has 0 unspecified atom stereocenters. The predicted octanol–water partition coefficient (Wildman–Crippen LogP) is 1.00. The van der Waals surface area contributed by atoms with Crippen LogP contribution in [0.4, 0.5) is 0 Å². The van der Waals surface area contributed by atoms with Crippen LogP contribution < -0.4 is 0 Å². The molecule has 0 spiro atoms. The van der Waals surface area contributed by atoms with Crippen molar-refractivity contribution in [2.24, 2.45) is 5.92 Å². The third-order valence-electron chi connectivity index (χ3n) is 4.40. The summed E-state index contributed by atoms with van der Waals surface area (Å²) in [6.45, 7) is 6.85. The van der Waals surface area contributed by atoms with Gasteiger partial charge in [-0.2, -0.15) is 5.10 Å². The third-order valence-corrected chi connectivity index (χ3v) is 4.40. The number of aliphatic hydroxyl groups excluding tert-OH is 1. The minimum absolute atomic E-state index is 0.0103. The first-order chi connectivity index (χ1) is 11.0. The van der Waals surface area contributed by atoms with Gasteiger partial charge < -0.3 is 10.0 Å². The van der Waals surface area contributed by atoms with Gasteiger partial charge in [-0.05, 0) is 31.5 Å². The van der Waals surface area contributed by atoms with Gasteiger partial charge in [-0.3, -0.25) is 9.48 Å². The number of aromatic nitrogens is 4. The molecule has 1 aliphatic heterocycles. The second-order valence-electron chi connectivity index (χ2n) is 6.30. The van der Waals surface area contributed by atoms with Crippen molar-refractivity contribution in [3.8, 4) is 0 Å². The van der Waals surface area contributed by atoms with E-state index in [1.165, 1.54) is 0 Å². The summed E-state index contributed by atoms with van der Waals surface area (Å²) in [5.74, 6) is -0.151. The van der Waals surface area contributed by atoms with Crippen LogP contribution in [0.25, 0.3) is 0 Å². The third kappa shape index (κ3) is 2.86. The lowest BCUT2D eigenvalue weighted by Gasteiger charge is -2.14. The van der Waals surface area contributed by atoms with Crippen molar-refractivity contribution in [2.75, 3.05) is 19.7 Å². The van der Waals surface area contributed by atoms with Crippen LogP contribution in [-0.2, 0) is 0 Å². The minimum atomic E-state index is -0.207. The molecule has 0 bridgehead atoms. The number of nitrogens with zero attached hydrogens (tertiary/aromatic N) is 5. The molecule has 1 fully saturated rings. The second-order valence-corrected chi connectivity index (χ2v) is 6.30. The largest absolute Gasteiger partial charge is 0.396 e. The maximum Gasteiger partial charge on any atom is 0.278 e. The monoisotopic (exact) mass is 319 g/mol. The van der Waals surface area contributed by atoms with E-state index in [1.54, 1.807) is 11.8 Å². The van der Waals surface area contributed by atoms with Crippen LogP contribution >= 0.6 is 0 Å². The van der Waals surface area contributed by atoms with Crippen LogP contribution in [0.1, 0.15) is 47.6 Å². The zero-order chi connectivity index (χ0) is 16.6. The number of hydrogen-bond acceptors (Lipinski definition) is 6. The molecule has 1 saturated heterocycles. The standard InChI is InChI=1S/C15H21N5O3/c1-9(2)20-6-11(4-16-20)13-7-19(5-12(13)8-21)15(22)14-10(3)17-23-18-14/h4,6,9,12-13,21H,5,7-8H2,1-3H3/t12-,13-/m0/s1. The molecule has 1 N–H and O–H groups in total. The molecule has 0 aromatic carbocycles. The molecule has 8 nitrogen and oxygen atoms in total. The normalized spacial score (nSPS) is 21.3. The number of carbonyl (C=O) groups excluding carboxylic acids is 1. The van der Waals surface area contributed by atoms with Crippen LogP contribution in [0.5, 0.6) is 0 Å². The lowest BCUT2D eigenvalue weighted by Crippen LogP contribution is -2.30. The summed E-state index contributed by atoms with van der Waals surface area (Å²) in [5.41, 5.74) is 1.76. The summed E-state index contributed by atoms with van der Waals surface area (Å²) in [7, 11) is 0. The van der Waals surface area contributed by atoms with Gasteiger partial charge in [0, 0.05) is 43.8 Å². The Hall–Kier alpha value is -2.22. The fourth-order valence-corrected chi connectivity index (χ4v) is 3.00. The molecular weight excluding hydrogens is 298 g/mol. The van der Waals surface area contributed by atoms with E-state index in [0.717, 1.165) is 5.56 Å². The van der Waals surface area contributed by atoms with E-state index in [-0.39, 0.29) is 36.1 Å². The Morgan fingerprint density at radius 1 is 1.43 bits per heavy atom. The van der Waals surface area contributed by atoms with E-state index in [9.17, 15) is 9.90 Å². The Morgan fingerprint density at radius 2 is 2.22 bits per heavy atom. The van der Waals surface area contributed by atoms with Gasteiger partial charge >= 0.3 is 0 Å². The SMILES string of the molecule is Cc1nonc1C(=O)N1C[C@@H](CO)[C@H](c2cnn(C(C)C)c2)C1. The number of hydrogen-bond donors (Lipinski definition) is 1. The van der Waals surface area contributed by atoms with Crippen LogP contribution in [0.2, 0.25) is 0 Å². The average molecular weight is 319 g/mol. The Bertz CT molecular complexity index is 693. The number of amides is 1. The number of carbonyl (C=O) groups is 1. The quantitative estimate of drug-likeness (QED) is 0.903. The minimum Gasteiger partial charge on any atom is -0.396 e. The fourth-order valence-electron chi connectivity index (χ4n) is 3.00. The lowest BCUT2D eigenvalue weighted by molar-refractivity contribution is 0.0769. The molecule has 23 heavy (non-hydrogen) atoms. The summed E-state index contributed by atoms with van der Waals surface area (Å²) in [5, 5.41) is 21.4. The van der Waals surface area contributed by atoms with Gasteiger partial charge in [-0.15, -0.1) is 0 Å². The van der Waals surface area contributed by atoms with E-state index in [4.69, 9.17) is 0 Å². The van der Waals surface area contributed by atoms with Crippen molar-refractivity contribution in [1.29, 1.82) is 0 Å². The number of aryl methyl sites for hydroxylation is 1. The van der Waals surface area contributed by atoms with E-state index in [2.05, 4.69) is 33.9 Å². The van der Waals surface area contributed by atoms with Gasteiger partial charge in [0.1, 0.15) is 5.69 Å². The van der Waals surface area contributed by atoms with Crippen LogP contribution in [0.15, 0.2) is 17.0 Å². The molecule has 0 aliphatic carbocycles. The van der Waals surface area contributed by atoms with Crippen molar-refractivity contribution in [3.63, 3.8) is 0 Å². The van der Waals surface area contributed by atoms with E-state index < -0.39 is 0 Å². The van der Waals surface area contributed by atoms with Crippen molar-refractivity contribution in [1.82, 2.24) is 25.0 Å². The number of likely N-dealkylation sites (tertiary alicyclic amines) is 1. The highest BCUT2D eigenvalue weighted by Gasteiger charge is 2.38. The summed E-state index contributed by atoms with van der Waals surface area (Å²) in [6, 6.07) is 0.277. The second kappa shape index (κ2) is 6.11. The molecule has 1 aliphatic rings. The van der Waals surface area contributed by atoms with Crippen LogP contribution in [-0.4, -0.2) is 55.7 Å². The molecule has 2 atom stereocenters. The molecule has 8 heteroatoms. The zero-order valence-corrected chi connectivity index (χ0v) is 13.5. The summed E-state index contributed by atoms with van der Waals surface area (Å²) in [6.07, 6.45) is 3.82. The topological polar surface area (TPSA) is 97.3 Å². The summed E-state index contributed by atoms with van der Waals surface area (Å²) in [4.78, 5) is 14.2. The summed E-state index contributed by atoms with van der Waals surface area (Å²) >= 11 is 0. The van der Waals surface area contributed by atoms with Crippen molar-refractivity contribution >= 4 is 5.91 Å². The van der Waals surface area contributed by atoms with Crippen molar-refractivity contribution in [3.05, 3.63) is 29.3 Å². The average Bonchev–Trinajstić information content (AvgIpc) is 3.24. The first-order valence-corrected chi connectivity index (χ1v) is 7.74. The smallest absolute Gasteiger partial charge is 0.278 e. The Morgan fingerprint density at radius 3 is 2.78 bits per heavy atom. The van der Waals surface area contributed by atoms with Gasteiger partial charge in [0.05, 0.1) is 6.20 Å². The first-order valence-electron chi connectivity index (χ1n) is 7.74. The predicted molar refractivity (Wildman–Crippen MR) is 80.9 cm³/mol. The van der Waals surface area contributed by atoms with Crippen LogP contribution in [0.3, 0.4) is 0 Å². The van der Waals surface area contributed by atoms with Crippen molar-refractivity contribution in [2.45, 2.75) is 32.7 Å². The highest BCUT2D eigenvalue weighted by molar-refractivity contribution is 5.93. The molecule has 0 saturated carbocycles. The lowest BCUT2D eigenvalue weighted by atomic mass is 9.92. The number of rotatable bonds is 4. The Kier molecular flexibility index (Phi) is 4.16. The molecule has 2 aromatic heterocycles. The molecule has 0 radical (unpaired) electrons. The fraction of sp³-hybridized carbons (Fsp3) is 0.600. The Balaban J connectivity index is 1.80. The van der Waals surface area contributed by atoms with Gasteiger partial charge in [-0.1, -0.05) is 5.16 Å². The molecule has 3 rings (SSSR count). The molecule has 1 amide bonds. The number of aliphatic hydroxyl groups is 1. The highest BCUT2D eigenvalue weighted by Crippen LogP contribution is 2.33. The Labute approximate surface area is 134 Å². The molecule has 124 valence electrons. The van der Waals surface area contributed by atoms with Gasteiger partial charge in [0.25, 0.3) is 5.91 Å². The van der Waals surface area contributed by atoms with E-state index >= 15 is 0 Å². The molecule has 2 aromatic rings. The van der Waals surface area contributed by atoms with Gasteiger partial charge in [0.2, 0.25) is 0 Å². The van der Waals surface area contributed by atoms with Gasteiger partial charge in [-0.25, -0.2) is 4.63 Å². The first kappa shape index (κ1) is 15.7. The van der Waals surface area contributed by atoms with Gasteiger partial charge in [0.15, 0.2) is 5.69 Å². The molecule has 3 heterocycles. The summed E-state index contributed by atoms with van der Waals surface area (Å²) < 4.78 is 6.50.